The summed E-state index contributed by atoms with van der Waals surface area (Å²) in [7, 11) is 0. The molecule has 0 aliphatic carbocycles. The van der Waals surface area contributed by atoms with E-state index in [1.807, 2.05) is 30.1 Å². The number of benzene rings is 1. The topological polar surface area (TPSA) is 12.9 Å². The fraction of sp³-hybridized carbons (Fsp3) is 0.312. The van der Waals surface area contributed by atoms with Gasteiger partial charge in [0.2, 0.25) is 0 Å². The standard InChI is InChI=1S/C16H19NS/c1-13(2)14-6-8-16(9-7-14)18-12-10-15-5-3-4-11-17-15/h3-9,11,13H,10,12H2,1-2H3. The minimum atomic E-state index is 0.609. The van der Waals surface area contributed by atoms with Crippen molar-refractivity contribution in [3.05, 3.63) is 59.9 Å². The van der Waals surface area contributed by atoms with E-state index in [0.29, 0.717) is 5.92 Å². The van der Waals surface area contributed by atoms with E-state index in [0.717, 1.165) is 12.2 Å². The Labute approximate surface area is 114 Å². The van der Waals surface area contributed by atoms with E-state index in [2.05, 4.69) is 49.2 Å². The van der Waals surface area contributed by atoms with E-state index >= 15 is 0 Å². The molecule has 94 valence electrons. The van der Waals surface area contributed by atoms with Crippen LogP contribution in [-0.4, -0.2) is 10.7 Å². The van der Waals surface area contributed by atoms with Gasteiger partial charge in [0.15, 0.2) is 0 Å². The third kappa shape index (κ3) is 3.88. The highest BCUT2D eigenvalue weighted by molar-refractivity contribution is 7.99. The Morgan fingerprint density at radius 2 is 1.83 bits per heavy atom. The average molecular weight is 257 g/mol. The Bertz CT molecular complexity index is 462. The molecule has 2 heteroatoms. The summed E-state index contributed by atoms with van der Waals surface area (Å²) in [5.74, 6) is 1.69. The van der Waals surface area contributed by atoms with E-state index in [1.165, 1.54) is 16.2 Å². The van der Waals surface area contributed by atoms with Crippen LogP contribution in [0.2, 0.25) is 0 Å². The fourth-order valence-corrected chi connectivity index (χ4v) is 2.64. The van der Waals surface area contributed by atoms with E-state index in [4.69, 9.17) is 0 Å². The summed E-state index contributed by atoms with van der Waals surface area (Å²) >= 11 is 1.90. The number of pyridine rings is 1. The van der Waals surface area contributed by atoms with Gasteiger partial charge < -0.3 is 0 Å². The summed E-state index contributed by atoms with van der Waals surface area (Å²) < 4.78 is 0. The molecule has 0 amide bonds. The van der Waals surface area contributed by atoms with Crippen LogP contribution in [0.4, 0.5) is 0 Å². The highest BCUT2D eigenvalue weighted by Gasteiger charge is 2.00. The highest BCUT2D eigenvalue weighted by atomic mass is 32.2. The Hall–Kier alpha value is -1.28. The van der Waals surface area contributed by atoms with Gasteiger partial charge >= 0.3 is 0 Å². The van der Waals surface area contributed by atoms with Crippen LogP contribution in [0.25, 0.3) is 0 Å². The monoisotopic (exact) mass is 257 g/mol. The highest BCUT2D eigenvalue weighted by Crippen LogP contribution is 2.22. The number of aromatic nitrogens is 1. The molecule has 1 nitrogen and oxygen atoms in total. The van der Waals surface area contributed by atoms with Crippen LogP contribution >= 0.6 is 11.8 Å². The van der Waals surface area contributed by atoms with Gasteiger partial charge in [-0.25, -0.2) is 0 Å². The van der Waals surface area contributed by atoms with Gasteiger partial charge in [-0.05, 0) is 42.2 Å². The lowest BCUT2D eigenvalue weighted by molar-refractivity contribution is 0.865. The van der Waals surface area contributed by atoms with Gasteiger partial charge in [-0.15, -0.1) is 11.8 Å². The number of hydrogen-bond donors (Lipinski definition) is 0. The molecule has 0 aliphatic rings. The van der Waals surface area contributed by atoms with Crippen LogP contribution in [-0.2, 0) is 6.42 Å². The summed E-state index contributed by atoms with van der Waals surface area (Å²) in [6.07, 6.45) is 2.88. The van der Waals surface area contributed by atoms with Crippen LogP contribution in [0.1, 0.15) is 31.0 Å². The van der Waals surface area contributed by atoms with Crippen LogP contribution < -0.4 is 0 Å². The molecule has 2 rings (SSSR count). The van der Waals surface area contributed by atoms with Crippen molar-refractivity contribution < 1.29 is 0 Å². The van der Waals surface area contributed by atoms with Gasteiger partial charge in [0.05, 0.1) is 0 Å². The zero-order chi connectivity index (χ0) is 12.8. The lowest BCUT2D eigenvalue weighted by Crippen LogP contribution is -1.91. The van der Waals surface area contributed by atoms with Crippen molar-refractivity contribution >= 4 is 11.8 Å². The van der Waals surface area contributed by atoms with Crippen molar-refractivity contribution in [2.45, 2.75) is 31.1 Å². The van der Waals surface area contributed by atoms with Crippen molar-refractivity contribution in [1.29, 1.82) is 0 Å². The first-order valence-electron chi connectivity index (χ1n) is 6.38. The van der Waals surface area contributed by atoms with Crippen LogP contribution in [0.3, 0.4) is 0 Å². The molecule has 0 saturated heterocycles. The number of rotatable bonds is 5. The van der Waals surface area contributed by atoms with Crippen molar-refractivity contribution in [3.63, 3.8) is 0 Å². The number of hydrogen-bond acceptors (Lipinski definition) is 2. The molecule has 2 aromatic rings. The largest absolute Gasteiger partial charge is 0.261 e. The smallest absolute Gasteiger partial charge is 0.0411 e. The molecule has 0 aliphatic heterocycles. The number of aryl methyl sites for hydroxylation is 1. The molecule has 0 spiro atoms. The quantitative estimate of drug-likeness (QED) is 0.729. The summed E-state index contributed by atoms with van der Waals surface area (Å²) in [6.45, 7) is 4.45. The van der Waals surface area contributed by atoms with E-state index < -0.39 is 0 Å². The molecule has 0 N–H and O–H groups in total. The van der Waals surface area contributed by atoms with E-state index in [9.17, 15) is 0 Å². The maximum absolute atomic E-state index is 4.33. The second-order valence-corrected chi connectivity index (χ2v) is 5.81. The first kappa shape index (κ1) is 13.2. The minimum Gasteiger partial charge on any atom is -0.261 e. The third-order valence-corrected chi connectivity index (χ3v) is 3.91. The zero-order valence-electron chi connectivity index (χ0n) is 11.0. The van der Waals surface area contributed by atoms with Gasteiger partial charge in [0.25, 0.3) is 0 Å². The first-order chi connectivity index (χ1) is 8.75. The molecule has 1 aromatic heterocycles. The lowest BCUT2D eigenvalue weighted by Gasteiger charge is -2.06. The van der Waals surface area contributed by atoms with Crippen molar-refractivity contribution in [1.82, 2.24) is 4.98 Å². The molecule has 1 aromatic carbocycles. The van der Waals surface area contributed by atoms with Gasteiger partial charge in [-0.1, -0.05) is 32.0 Å². The summed E-state index contributed by atoms with van der Waals surface area (Å²) in [6, 6.07) is 15.0. The van der Waals surface area contributed by atoms with Crippen LogP contribution in [0.15, 0.2) is 53.6 Å². The van der Waals surface area contributed by atoms with Crippen molar-refractivity contribution in [3.8, 4) is 0 Å². The Morgan fingerprint density at radius 3 is 2.44 bits per heavy atom. The Morgan fingerprint density at radius 1 is 1.06 bits per heavy atom. The molecule has 0 radical (unpaired) electrons. The molecule has 0 atom stereocenters. The van der Waals surface area contributed by atoms with E-state index in [-0.39, 0.29) is 0 Å². The van der Waals surface area contributed by atoms with Gasteiger partial charge in [-0.3, -0.25) is 4.98 Å². The molecule has 18 heavy (non-hydrogen) atoms. The molecular weight excluding hydrogens is 238 g/mol. The summed E-state index contributed by atoms with van der Waals surface area (Å²) in [5, 5.41) is 0. The molecule has 0 bridgehead atoms. The average Bonchev–Trinajstić information content (AvgIpc) is 2.40. The minimum absolute atomic E-state index is 0.609. The lowest BCUT2D eigenvalue weighted by atomic mass is 10.0. The summed E-state index contributed by atoms with van der Waals surface area (Å²) in [4.78, 5) is 5.68. The predicted molar refractivity (Wildman–Crippen MR) is 79.2 cm³/mol. The van der Waals surface area contributed by atoms with Crippen LogP contribution in [0, 0.1) is 0 Å². The SMILES string of the molecule is CC(C)c1ccc(SCCc2ccccn2)cc1. The maximum atomic E-state index is 4.33. The Balaban J connectivity index is 1.83. The fourth-order valence-electron chi connectivity index (χ4n) is 1.77. The van der Waals surface area contributed by atoms with Gasteiger partial charge in [0, 0.05) is 22.5 Å². The van der Waals surface area contributed by atoms with Crippen molar-refractivity contribution in [2.24, 2.45) is 0 Å². The second-order valence-electron chi connectivity index (χ2n) is 4.64. The van der Waals surface area contributed by atoms with E-state index in [1.54, 1.807) is 0 Å². The molecule has 0 saturated carbocycles. The third-order valence-electron chi connectivity index (χ3n) is 2.90. The summed E-state index contributed by atoms with van der Waals surface area (Å²) in [5.41, 5.74) is 2.58. The molecule has 0 fully saturated rings. The number of thioether (sulfide) groups is 1. The zero-order valence-corrected chi connectivity index (χ0v) is 11.8. The Kier molecular flexibility index (Phi) is 4.82. The van der Waals surface area contributed by atoms with Crippen molar-refractivity contribution in [2.75, 3.05) is 5.75 Å². The predicted octanol–water partition coefficient (Wildman–Crippen LogP) is 4.54. The second kappa shape index (κ2) is 6.60. The van der Waals surface area contributed by atoms with Crippen LogP contribution in [0.5, 0.6) is 0 Å². The molecule has 0 unspecified atom stereocenters. The van der Waals surface area contributed by atoms with Gasteiger partial charge in [0.1, 0.15) is 0 Å². The van der Waals surface area contributed by atoms with Gasteiger partial charge in [-0.2, -0.15) is 0 Å². The number of nitrogens with zero attached hydrogens (tertiary/aromatic N) is 1. The molecular formula is C16H19NS. The molecule has 1 heterocycles. The first-order valence-corrected chi connectivity index (χ1v) is 7.37. The maximum Gasteiger partial charge on any atom is 0.0411 e. The normalized spacial score (nSPS) is 10.8.